The Balaban J connectivity index is 2.14. The molecule has 1 heteroatoms. The van der Waals surface area contributed by atoms with Crippen molar-refractivity contribution in [2.45, 2.75) is 20.3 Å². The first-order valence-electron chi connectivity index (χ1n) is 5.47. The first kappa shape index (κ1) is 9.72. The van der Waals surface area contributed by atoms with E-state index in [0.717, 1.165) is 12.5 Å². The van der Waals surface area contributed by atoms with E-state index in [1.807, 2.05) is 0 Å². The van der Waals surface area contributed by atoms with Gasteiger partial charge in [0.05, 0.1) is 0 Å². The van der Waals surface area contributed by atoms with E-state index in [1.54, 1.807) is 0 Å². The third kappa shape index (κ3) is 2.16. The number of hydrogen-bond donors (Lipinski definition) is 1. The summed E-state index contributed by atoms with van der Waals surface area (Å²) in [6.07, 6.45) is 12.6. The molecule has 2 aliphatic rings. The summed E-state index contributed by atoms with van der Waals surface area (Å²) in [5, 5.41) is 3.41. The van der Waals surface area contributed by atoms with Crippen LogP contribution in [0.3, 0.4) is 0 Å². The van der Waals surface area contributed by atoms with E-state index < -0.39 is 0 Å². The molecule has 1 heterocycles. The molecule has 0 saturated carbocycles. The summed E-state index contributed by atoms with van der Waals surface area (Å²) in [6.45, 7) is 6.79. The predicted octanol–water partition coefficient (Wildman–Crippen LogP) is 2.67. The van der Waals surface area contributed by atoms with E-state index in [1.165, 1.54) is 18.5 Å². The molecule has 1 atom stereocenters. The average molecular weight is 189 g/mol. The second-order valence-corrected chi connectivity index (χ2v) is 4.87. The van der Waals surface area contributed by atoms with Gasteiger partial charge in [-0.25, -0.2) is 0 Å². The molecule has 14 heavy (non-hydrogen) atoms. The van der Waals surface area contributed by atoms with Crippen molar-refractivity contribution in [3.05, 3.63) is 36.0 Å². The van der Waals surface area contributed by atoms with Crippen LogP contribution in [0.15, 0.2) is 36.0 Å². The molecule has 0 amide bonds. The number of allylic oxidation sites excluding steroid dienone is 5. The van der Waals surface area contributed by atoms with Crippen molar-refractivity contribution in [1.82, 2.24) is 5.32 Å². The van der Waals surface area contributed by atoms with Gasteiger partial charge in [0.2, 0.25) is 0 Å². The molecule has 1 aliphatic carbocycles. The quantitative estimate of drug-likeness (QED) is 0.668. The van der Waals surface area contributed by atoms with Crippen LogP contribution in [0.25, 0.3) is 0 Å². The molecule has 0 bridgehead atoms. The molecule has 0 aromatic carbocycles. The van der Waals surface area contributed by atoms with Gasteiger partial charge in [-0.3, -0.25) is 0 Å². The fraction of sp³-hybridized carbons (Fsp3) is 0.538. The zero-order valence-electron chi connectivity index (χ0n) is 9.09. The normalized spacial score (nSPS) is 30.1. The largest absolute Gasteiger partial charge is 0.316 e. The highest BCUT2D eigenvalue weighted by Gasteiger charge is 2.19. The highest BCUT2D eigenvalue weighted by Crippen LogP contribution is 2.27. The lowest BCUT2D eigenvalue weighted by Gasteiger charge is -2.13. The molecule has 76 valence electrons. The summed E-state index contributed by atoms with van der Waals surface area (Å²) in [5.41, 5.74) is 1.70. The Bertz CT molecular complexity index is 288. The van der Waals surface area contributed by atoms with Crippen LogP contribution in [0.1, 0.15) is 20.3 Å². The average Bonchev–Trinajstić information content (AvgIpc) is 2.58. The van der Waals surface area contributed by atoms with Gasteiger partial charge in [-0.15, -0.1) is 0 Å². The lowest BCUT2D eigenvalue weighted by atomic mass is 9.92. The maximum Gasteiger partial charge on any atom is 0.00206 e. The Labute approximate surface area is 86.6 Å². The van der Waals surface area contributed by atoms with Crippen LogP contribution in [0.4, 0.5) is 0 Å². The van der Waals surface area contributed by atoms with Crippen molar-refractivity contribution in [2.24, 2.45) is 11.3 Å². The van der Waals surface area contributed by atoms with E-state index in [4.69, 9.17) is 0 Å². The third-order valence-electron chi connectivity index (χ3n) is 3.05. The molecule has 1 fully saturated rings. The summed E-state index contributed by atoms with van der Waals surface area (Å²) < 4.78 is 0. The fourth-order valence-electron chi connectivity index (χ4n) is 2.04. The zero-order chi connectivity index (χ0) is 10.0. The topological polar surface area (TPSA) is 12.0 Å². The molecule has 1 unspecified atom stereocenters. The summed E-state index contributed by atoms with van der Waals surface area (Å²) in [4.78, 5) is 0. The summed E-state index contributed by atoms with van der Waals surface area (Å²) in [7, 11) is 0. The molecule has 2 rings (SSSR count). The fourth-order valence-corrected chi connectivity index (χ4v) is 2.04. The van der Waals surface area contributed by atoms with E-state index in [0.29, 0.717) is 0 Å². The van der Waals surface area contributed by atoms with Gasteiger partial charge in [0.25, 0.3) is 0 Å². The summed E-state index contributed by atoms with van der Waals surface area (Å²) >= 11 is 0. The van der Waals surface area contributed by atoms with Gasteiger partial charge in [0.15, 0.2) is 0 Å². The SMILES string of the molecule is CC1(C)C=CC=C(C2CCNC2)C=C1. The van der Waals surface area contributed by atoms with Crippen LogP contribution in [0, 0.1) is 11.3 Å². The second kappa shape index (κ2) is 3.74. The number of rotatable bonds is 1. The van der Waals surface area contributed by atoms with Gasteiger partial charge in [0, 0.05) is 12.0 Å². The Hall–Kier alpha value is -0.820. The molecular weight excluding hydrogens is 170 g/mol. The highest BCUT2D eigenvalue weighted by atomic mass is 14.9. The van der Waals surface area contributed by atoms with Crippen molar-refractivity contribution in [1.29, 1.82) is 0 Å². The summed E-state index contributed by atoms with van der Waals surface area (Å²) in [6, 6.07) is 0. The van der Waals surface area contributed by atoms with Gasteiger partial charge < -0.3 is 5.32 Å². The van der Waals surface area contributed by atoms with Gasteiger partial charge in [-0.1, -0.05) is 44.2 Å². The lowest BCUT2D eigenvalue weighted by molar-refractivity contribution is 0.624. The maximum atomic E-state index is 3.41. The van der Waals surface area contributed by atoms with Crippen LogP contribution in [0.2, 0.25) is 0 Å². The first-order chi connectivity index (χ1) is 6.67. The van der Waals surface area contributed by atoms with Crippen LogP contribution in [-0.4, -0.2) is 13.1 Å². The Morgan fingerprint density at radius 3 is 2.93 bits per heavy atom. The molecule has 0 spiro atoms. The van der Waals surface area contributed by atoms with Crippen molar-refractivity contribution >= 4 is 0 Å². The van der Waals surface area contributed by atoms with Crippen molar-refractivity contribution < 1.29 is 0 Å². The van der Waals surface area contributed by atoms with Crippen LogP contribution in [-0.2, 0) is 0 Å². The number of hydrogen-bond acceptors (Lipinski definition) is 1. The minimum Gasteiger partial charge on any atom is -0.316 e. The standard InChI is InChI=1S/C13H19N/c1-13(2)7-3-4-11(5-8-13)12-6-9-14-10-12/h3-5,7-8,12,14H,6,9-10H2,1-2H3. The second-order valence-electron chi connectivity index (χ2n) is 4.87. The number of nitrogens with one attached hydrogen (secondary N) is 1. The summed E-state index contributed by atoms with van der Waals surface area (Å²) in [5.74, 6) is 0.727. The Kier molecular flexibility index (Phi) is 2.60. The van der Waals surface area contributed by atoms with E-state index in [-0.39, 0.29) is 5.41 Å². The van der Waals surface area contributed by atoms with Crippen LogP contribution >= 0.6 is 0 Å². The molecule has 1 nitrogen and oxygen atoms in total. The maximum absolute atomic E-state index is 3.41. The molecule has 1 saturated heterocycles. The molecule has 1 aliphatic heterocycles. The van der Waals surface area contributed by atoms with Gasteiger partial charge >= 0.3 is 0 Å². The van der Waals surface area contributed by atoms with Crippen molar-refractivity contribution in [3.63, 3.8) is 0 Å². The third-order valence-corrected chi connectivity index (χ3v) is 3.05. The van der Waals surface area contributed by atoms with Crippen LogP contribution in [0.5, 0.6) is 0 Å². The molecule has 0 radical (unpaired) electrons. The molecule has 1 N–H and O–H groups in total. The zero-order valence-corrected chi connectivity index (χ0v) is 9.09. The lowest BCUT2D eigenvalue weighted by Crippen LogP contribution is -2.10. The molecule has 0 aromatic rings. The van der Waals surface area contributed by atoms with Gasteiger partial charge in [0.1, 0.15) is 0 Å². The molecular formula is C13H19N. The van der Waals surface area contributed by atoms with Crippen molar-refractivity contribution in [2.75, 3.05) is 13.1 Å². The molecule has 0 aromatic heterocycles. The van der Waals surface area contributed by atoms with Gasteiger partial charge in [-0.2, -0.15) is 0 Å². The minimum atomic E-state index is 0.213. The van der Waals surface area contributed by atoms with E-state index in [2.05, 4.69) is 49.5 Å². The van der Waals surface area contributed by atoms with Crippen LogP contribution < -0.4 is 5.32 Å². The Morgan fingerprint density at radius 1 is 1.36 bits per heavy atom. The van der Waals surface area contributed by atoms with E-state index >= 15 is 0 Å². The first-order valence-corrected chi connectivity index (χ1v) is 5.47. The Morgan fingerprint density at radius 2 is 2.21 bits per heavy atom. The monoisotopic (exact) mass is 189 g/mol. The van der Waals surface area contributed by atoms with Crippen molar-refractivity contribution in [3.8, 4) is 0 Å². The predicted molar refractivity (Wildman–Crippen MR) is 61.1 cm³/mol. The minimum absolute atomic E-state index is 0.213. The highest BCUT2D eigenvalue weighted by molar-refractivity contribution is 5.33. The van der Waals surface area contributed by atoms with E-state index in [9.17, 15) is 0 Å². The smallest absolute Gasteiger partial charge is 0.00206 e. The van der Waals surface area contributed by atoms with Gasteiger partial charge in [-0.05, 0) is 24.5 Å².